The first kappa shape index (κ1) is 16.3. The van der Waals surface area contributed by atoms with E-state index in [-0.39, 0.29) is 12.1 Å². The van der Waals surface area contributed by atoms with E-state index in [0.29, 0.717) is 6.54 Å². The maximum atomic E-state index is 11.8. The number of carbonyl (C=O) groups is 1. The number of nitrogens with one attached hydrogen (secondary N) is 1. The Labute approximate surface area is 150 Å². The van der Waals surface area contributed by atoms with Crippen LogP contribution >= 0.6 is 0 Å². The van der Waals surface area contributed by atoms with E-state index in [1.807, 2.05) is 30.3 Å². The first-order valence-electron chi connectivity index (χ1n) is 8.60. The SMILES string of the molecule is COC(=O)N1CCCC(Nc2ncnc3c2cnn3-c2ccccc2)C1. The molecule has 1 aliphatic heterocycles. The first-order valence-corrected chi connectivity index (χ1v) is 8.60. The van der Waals surface area contributed by atoms with E-state index in [0.717, 1.165) is 41.9 Å². The van der Waals surface area contributed by atoms with Crippen LogP contribution < -0.4 is 5.32 Å². The number of piperidine rings is 1. The zero-order valence-electron chi connectivity index (χ0n) is 14.5. The molecule has 8 nitrogen and oxygen atoms in total. The van der Waals surface area contributed by atoms with Gasteiger partial charge < -0.3 is 15.0 Å². The molecule has 4 rings (SSSR count). The second kappa shape index (κ2) is 6.99. The fourth-order valence-corrected chi connectivity index (χ4v) is 3.30. The monoisotopic (exact) mass is 352 g/mol. The summed E-state index contributed by atoms with van der Waals surface area (Å²) >= 11 is 0. The number of ether oxygens (including phenoxy) is 1. The fourth-order valence-electron chi connectivity index (χ4n) is 3.30. The lowest BCUT2D eigenvalue weighted by molar-refractivity contribution is 0.113. The van der Waals surface area contributed by atoms with Gasteiger partial charge in [-0.15, -0.1) is 0 Å². The largest absolute Gasteiger partial charge is 0.453 e. The Morgan fingerprint density at radius 2 is 2.12 bits per heavy atom. The highest BCUT2D eigenvalue weighted by Crippen LogP contribution is 2.23. The van der Waals surface area contributed by atoms with Crippen molar-refractivity contribution >= 4 is 22.9 Å². The van der Waals surface area contributed by atoms with Gasteiger partial charge in [0, 0.05) is 19.1 Å². The molecule has 1 amide bonds. The van der Waals surface area contributed by atoms with E-state index >= 15 is 0 Å². The van der Waals surface area contributed by atoms with Crippen LogP contribution in [0, 0.1) is 0 Å². The molecule has 0 aliphatic carbocycles. The number of para-hydroxylation sites is 1. The predicted octanol–water partition coefficient (Wildman–Crippen LogP) is 2.46. The average molecular weight is 352 g/mol. The van der Waals surface area contributed by atoms with Gasteiger partial charge in [-0.05, 0) is 25.0 Å². The maximum Gasteiger partial charge on any atom is 0.409 e. The second-order valence-electron chi connectivity index (χ2n) is 6.25. The lowest BCUT2D eigenvalue weighted by Crippen LogP contribution is -2.45. The third-order valence-electron chi connectivity index (χ3n) is 4.56. The Balaban J connectivity index is 1.60. The molecular formula is C18H20N6O2. The zero-order valence-corrected chi connectivity index (χ0v) is 14.5. The molecule has 0 spiro atoms. The van der Waals surface area contributed by atoms with Gasteiger partial charge in [-0.25, -0.2) is 19.4 Å². The van der Waals surface area contributed by atoms with Crippen LogP contribution in [-0.4, -0.2) is 57.0 Å². The van der Waals surface area contributed by atoms with Crippen LogP contribution in [-0.2, 0) is 4.74 Å². The summed E-state index contributed by atoms with van der Waals surface area (Å²) in [5, 5.41) is 8.76. The summed E-state index contributed by atoms with van der Waals surface area (Å²) in [5.74, 6) is 0.730. The molecule has 26 heavy (non-hydrogen) atoms. The molecular weight excluding hydrogens is 332 g/mol. The number of rotatable bonds is 3. The molecule has 0 bridgehead atoms. The Morgan fingerprint density at radius 3 is 2.92 bits per heavy atom. The van der Waals surface area contributed by atoms with Crippen LogP contribution in [0.3, 0.4) is 0 Å². The minimum absolute atomic E-state index is 0.112. The van der Waals surface area contributed by atoms with Gasteiger partial charge in [-0.2, -0.15) is 5.10 Å². The Kier molecular flexibility index (Phi) is 4.39. The van der Waals surface area contributed by atoms with Crippen molar-refractivity contribution in [1.29, 1.82) is 0 Å². The van der Waals surface area contributed by atoms with E-state index in [4.69, 9.17) is 4.74 Å². The number of amides is 1. The molecule has 1 aliphatic rings. The van der Waals surface area contributed by atoms with Gasteiger partial charge in [-0.1, -0.05) is 18.2 Å². The lowest BCUT2D eigenvalue weighted by atomic mass is 10.1. The van der Waals surface area contributed by atoms with Crippen LogP contribution in [0.1, 0.15) is 12.8 Å². The molecule has 1 atom stereocenters. The molecule has 0 radical (unpaired) electrons. The Morgan fingerprint density at radius 1 is 1.27 bits per heavy atom. The van der Waals surface area contributed by atoms with Crippen LogP contribution in [0.5, 0.6) is 0 Å². The van der Waals surface area contributed by atoms with Crippen LogP contribution in [0.25, 0.3) is 16.7 Å². The van der Waals surface area contributed by atoms with E-state index in [2.05, 4.69) is 20.4 Å². The normalized spacial score (nSPS) is 17.3. The highest BCUT2D eigenvalue weighted by molar-refractivity contribution is 5.87. The number of hydrogen-bond acceptors (Lipinski definition) is 6. The summed E-state index contributed by atoms with van der Waals surface area (Å²) in [5.41, 5.74) is 1.69. The summed E-state index contributed by atoms with van der Waals surface area (Å²) in [6.45, 7) is 1.31. The van der Waals surface area contributed by atoms with E-state index in [1.54, 1.807) is 15.8 Å². The summed E-state index contributed by atoms with van der Waals surface area (Å²) in [7, 11) is 1.41. The molecule has 1 unspecified atom stereocenters. The van der Waals surface area contributed by atoms with Crippen molar-refractivity contribution in [2.75, 3.05) is 25.5 Å². The Bertz CT molecular complexity index is 910. The minimum Gasteiger partial charge on any atom is -0.453 e. The number of anilines is 1. The topological polar surface area (TPSA) is 85.2 Å². The number of aromatic nitrogens is 4. The van der Waals surface area contributed by atoms with Crippen LogP contribution in [0.4, 0.5) is 10.6 Å². The maximum absolute atomic E-state index is 11.8. The predicted molar refractivity (Wildman–Crippen MR) is 97.3 cm³/mol. The summed E-state index contributed by atoms with van der Waals surface area (Å²) in [4.78, 5) is 22.3. The number of fused-ring (bicyclic) bond motifs is 1. The summed E-state index contributed by atoms with van der Waals surface area (Å²) in [6.07, 6.45) is 4.90. The standard InChI is InChI=1S/C18H20N6O2/c1-26-18(25)23-9-5-6-13(11-23)22-16-15-10-21-24(17(15)20-12-19-16)14-7-3-2-4-8-14/h2-4,7-8,10,12-13H,5-6,9,11H2,1H3,(H,19,20,22). The minimum atomic E-state index is -0.291. The molecule has 0 saturated carbocycles. The van der Waals surface area contributed by atoms with Crippen LogP contribution in [0.15, 0.2) is 42.9 Å². The van der Waals surface area contributed by atoms with Crippen molar-refractivity contribution in [3.63, 3.8) is 0 Å². The smallest absolute Gasteiger partial charge is 0.409 e. The van der Waals surface area contributed by atoms with Crippen molar-refractivity contribution in [2.45, 2.75) is 18.9 Å². The average Bonchev–Trinajstić information content (AvgIpc) is 3.13. The number of likely N-dealkylation sites (tertiary alicyclic amines) is 1. The molecule has 3 aromatic rings. The molecule has 2 aromatic heterocycles. The molecule has 1 saturated heterocycles. The molecule has 1 N–H and O–H groups in total. The first-order chi connectivity index (χ1) is 12.8. The number of methoxy groups -OCH3 is 1. The number of hydrogen-bond donors (Lipinski definition) is 1. The number of benzene rings is 1. The molecule has 1 fully saturated rings. The van der Waals surface area contributed by atoms with Crippen molar-refractivity contribution in [3.05, 3.63) is 42.9 Å². The molecule has 1 aromatic carbocycles. The Hall–Kier alpha value is -3.16. The summed E-state index contributed by atoms with van der Waals surface area (Å²) < 4.78 is 6.63. The summed E-state index contributed by atoms with van der Waals surface area (Å²) in [6, 6.07) is 9.97. The van der Waals surface area contributed by atoms with Gasteiger partial charge in [0.15, 0.2) is 5.65 Å². The highest BCUT2D eigenvalue weighted by Gasteiger charge is 2.25. The van der Waals surface area contributed by atoms with Crippen molar-refractivity contribution in [2.24, 2.45) is 0 Å². The number of nitrogens with zero attached hydrogens (tertiary/aromatic N) is 5. The van der Waals surface area contributed by atoms with E-state index < -0.39 is 0 Å². The number of carbonyl (C=O) groups excluding carboxylic acids is 1. The van der Waals surface area contributed by atoms with Gasteiger partial charge in [-0.3, -0.25) is 0 Å². The third kappa shape index (κ3) is 3.05. The second-order valence-corrected chi connectivity index (χ2v) is 6.25. The van der Waals surface area contributed by atoms with Crippen molar-refractivity contribution in [1.82, 2.24) is 24.6 Å². The van der Waals surface area contributed by atoms with Gasteiger partial charge >= 0.3 is 6.09 Å². The molecule has 134 valence electrons. The van der Waals surface area contributed by atoms with Crippen molar-refractivity contribution < 1.29 is 9.53 Å². The molecule has 3 heterocycles. The lowest BCUT2D eigenvalue weighted by Gasteiger charge is -2.32. The van der Waals surface area contributed by atoms with Gasteiger partial charge in [0.25, 0.3) is 0 Å². The zero-order chi connectivity index (χ0) is 17.9. The van der Waals surface area contributed by atoms with Gasteiger partial charge in [0.05, 0.1) is 24.4 Å². The quantitative estimate of drug-likeness (QED) is 0.779. The third-order valence-corrected chi connectivity index (χ3v) is 4.56. The van der Waals surface area contributed by atoms with Gasteiger partial charge in [0.2, 0.25) is 0 Å². The fraction of sp³-hybridized carbons (Fsp3) is 0.333. The van der Waals surface area contributed by atoms with E-state index in [9.17, 15) is 4.79 Å². The van der Waals surface area contributed by atoms with Crippen LogP contribution in [0.2, 0.25) is 0 Å². The van der Waals surface area contributed by atoms with Gasteiger partial charge in [0.1, 0.15) is 12.1 Å². The molecule has 8 heteroatoms. The van der Waals surface area contributed by atoms with Crippen molar-refractivity contribution in [3.8, 4) is 5.69 Å². The highest BCUT2D eigenvalue weighted by atomic mass is 16.5. The van der Waals surface area contributed by atoms with E-state index in [1.165, 1.54) is 13.4 Å².